The van der Waals surface area contributed by atoms with Crippen molar-refractivity contribution in [3.8, 4) is 0 Å². The van der Waals surface area contributed by atoms with Gasteiger partial charge in [-0.2, -0.15) is 0 Å². The molecule has 0 amide bonds. The first-order valence-corrected chi connectivity index (χ1v) is 6.83. The molecule has 0 fully saturated rings. The zero-order chi connectivity index (χ0) is 12.7. The third kappa shape index (κ3) is 3.96. The van der Waals surface area contributed by atoms with E-state index in [1.165, 1.54) is 0 Å². The van der Waals surface area contributed by atoms with Gasteiger partial charge in [0.05, 0.1) is 0 Å². The second-order valence-electron chi connectivity index (χ2n) is 3.28. The van der Waals surface area contributed by atoms with Crippen LogP contribution >= 0.6 is 0 Å². The summed E-state index contributed by atoms with van der Waals surface area (Å²) in [7, 11) is -3.53. The Balaban J connectivity index is 2.91. The monoisotopic (exact) mass is 256 g/mol. The summed E-state index contributed by atoms with van der Waals surface area (Å²) in [5, 5.41) is 0.899. The first-order valence-electron chi connectivity index (χ1n) is 5.22. The lowest BCUT2D eigenvalue weighted by Gasteiger charge is -2.16. The standard InChI is InChI=1S/C12H16O4S/c1-3-15-10-16-12(17(13,14)4-2)11-8-6-5-7-9-11/h4-9,12H,2-3,10H2,1H3. The van der Waals surface area contributed by atoms with Gasteiger partial charge in [0.2, 0.25) is 9.84 Å². The molecule has 1 aromatic carbocycles. The summed E-state index contributed by atoms with van der Waals surface area (Å²) in [5.41, 5.74) is -0.500. The van der Waals surface area contributed by atoms with E-state index in [2.05, 4.69) is 6.58 Å². The van der Waals surface area contributed by atoms with E-state index in [0.29, 0.717) is 12.2 Å². The maximum absolute atomic E-state index is 11.8. The summed E-state index contributed by atoms with van der Waals surface area (Å²) in [6.07, 6.45) is 0. The number of hydrogen-bond donors (Lipinski definition) is 0. The maximum Gasteiger partial charge on any atom is 0.202 e. The Morgan fingerprint density at radius 2 is 2.00 bits per heavy atom. The molecule has 0 aliphatic heterocycles. The third-order valence-electron chi connectivity index (χ3n) is 2.11. The topological polar surface area (TPSA) is 52.6 Å². The lowest BCUT2D eigenvalue weighted by molar-refractivity contribution is -0.0627. The van der Waals surface area contributed by atoms with Gasteiger partial charge in [0.15, 0.2) is 5.44 Å². The normalized spacial score (nSPS) is 13.2. The Kier molecular flexibility index (Phi) is 5.34. The Morgan fingerprint density at radius 1 is 1.35 bits per heavy atom. The molecule has 0 heterocycles. The lowest BCUT2D eigenvalue weighted by Crippen LogP contribution is -2.16. The average Bonchev–Trinajstić information content (AvgIpc) is 2.35. The van der Waals surface area contributed by atoms with Crippen LogP contribution in [0.25, 0.3) is 0 Å². The molecule has 0 spiro atoms. The first kappa shape index (κ1) is 13.9. The van der Waals surface area contributed by atoms with Gasteiger partial charge in [-0.1, -0.05) is 36.9 Å². The third-order valence-corrected chi connectivity index (χ3v) is 3.58. The fourth-order valence-electron chi connectivity index (χ4n) is 1.27. The van der Waals surface area contributed by atoms with Gasteiger partial charge in [-0.25, -0.2) is 8.42 Å². The fourth-order valence-corrected chi connectivity index (χ4v) is 2.23. The zero-order valence-corrected chi connectivity index (χ0v) is 10.5. The van der Waals surface area contributed by atoms with Crippen molar-refractivity contribution in [2.75, 3.05) is 13.4 Å². The number of benzene rings is 1. The molecule has 4 nitrogen and oxygen atoms in total. The molecule has 0 N–H and O–H groups in total. The number of hydrogen-bond acceptors (Lipinski definition) is 4. The van der Waals surface area contributed by atoms with Crippen molar-refractivity contribution in [1.82, 2.24) is 0 Å². The van der Waals surface area contributed by atoms with Crippen LogP contribution in [0.4, 0.5) is 0 Å². The first-order chi connectivity index (χ1) is 8.11. The van der Waals surface area contributed by atoms with Crippen LogP contribution in [0.15, 0.2) is 42.3 Å². The molecule has 94 valence electrons. The molecular formula is C12H16O4S. The Morgan fingerprint density at radius 3 is 2.53 bits per heavy atom. The average molecular weight is 256 g/mol. The van der Waals surface area contributed by atoms with E-state index in [1.54, 1.807) is 24.3 Å². The smallest absolute Gasteiger partial charge is 0.202 e. The van der Waals surface area contributed by atoms with E-state index in [9.17, 15) is 8.42 Å². The molecule has 1 unspecified atom stereocenters. The molecule has 0 bridgehead atoms. The summed E-state index contributed by atoms with van der Waals surface area (Å²) in [5.74, 6) is 0. The van der Waals surface area contributed by atoms with E-state index in [0.717, 1.165) is 5.41 Å². The molecule has 0 radical (unpaired) electrons. The van der Waals surface area contributed by atoms with Crippen LogP contribution < -0.4 is 0 Å². The molecule has 17 heavy (non-hydrogen) atoms. The van der Waals surface area contributed by atoms with Gasteiger partial charge in [0, 0.05) is 12.0 Å². The molecule has 0 aliphatic rings. The van der Waals surface area contributed by atoms with E-state index in [-0.39, 0.29) is 6.79 Å². The molecule has 0 aromatic heterocycles. The molecule has 0 saturated carbocycles. The van der Waals surface area contributed by atoms with Crippen molar-refractivity contribution in [1.29, 1.82) is 0 Å². The lowest BCUT2D eigenvalue weighted by atomic mass is 10.2. The largest absolute Gasteiger partial charge is 0.356 e. The van der Waals surface area contributed by atoms with Crippen LogP contribution in [0, 0.1) is 0 Å². The summed E-state index contributed by atoms with van der Waals surface area (Å²) < 4.78 is 33.8. The summed E-state index contributed by atoms with van der Waals surface area (Å²) in [6, 6.07) is 8.70. The van der Waals surface area contributed by atoms with Gasteiger partial charge in [0.25, 0.3) is 0 Å². The van der Waals surface area contributed by atoms with Gasteiger partial charge in [-0.3, -0.25) is 0 Å². The minimum atomic E-state index is -3.53. The highest BCUT2D eigenvalue weighted by Gasteiger charge is 2.25. The molecule has 0 saturated heterocycles. The van der Waals surface area contributed by atoms with Crippen molar-refractivity contribution >= 4 is 9.84 Å². The van der Waals surface area contributed by atoms with Crippen molar-refractivity contribution in [3.05, 3.63) is 47.9 Å². The summed E-state index contributed by atoms with van der Waals surface area (Å²) in [4.78, 5) is 0. The van der Waals surface area contributed by atoms with E-state index in [4.69, 9.17) is 9.47 Å². The van der Waals surface area contributed by atoms with E-state index < -0.39 is 15.3 Å². The van der Waals surface area contributed by atoms with Crippen LogP contribution in [-0.4, -0.2) is 21.8 Å². The molecule has 1 rings (SSSR count). The highest BCUT2D eigenvalue weighted by molar-refractivity contribution is 7.94. The van der Waals surface area contributed by atoms with Crippen molar-refractivity contribution < 1.29 is 17.9 Å². The van der Waals surface area contributed by atoms with Crippen LogP contribution in [0.2, 0.25) is 0 Å². The molecular weight excluding hydrogens is 240 g/mol. The molecule has 1 aromatic rings. The maximum atomic E-state index is 11.8. The van der Waals surface area contributed by atoms with Crippen LogP contribution in [0.3, 0.4) is 0 Å². The highest BCUT2D eigenvalue weighted by atomic mass is 32.2. The highest BCUT2D eigenvalue weighted by Crippen LogP contribution is 2.24. The summed E-state index contributed by atoms with van der Waals surface area (Å²) >= 11 is 0. The molecule has 1 atom stereocenters. The minimum absolute atomic E-state index is 0.0663. The van der Waals surface area contributed by atoms with Gasteiger partial charge in [0.1, 0.15) is 6.79 Å². The number of sulfone groups is 1. The Bertz CT molecular complexity index is 439. The molecule has 0 aliphatic carbocycles. The van der Waals surface area contributed by atoms with Crippen molar-refractivity contribution in [2.45, 2.75) is 12.4 Å². The van der Waals surface area contributed by atoms with Crippen LogP contribution in [0.5, 0.6) is 0 Å². The van der Waals surface area contributed by atoms with Crippen LogP contribution in [0.1, 0.15) is 17.9 Å². The van der Waals surface area contributed by atoms with Crippen molar-refractivity contribution in [2.24, 2.45) is 0 Å². The minimum Gasteiger partial charge on any atom is -0.356 e. The number of ether oxygens (including phenoxy) is 2. The predicted molar refractivity (Wildman–Crippen MR) is 65.9 cm³/mol. The predicted octanol–water partition coefficient (Wildman–Crippen LogP) is 2.25. The van der Waals surface area contributed by atoms with Gasteiger partial charge < -0.3 is 9.47 Å². The Labute approximate surface area is 102 Å². The van der Waals surface area contributed by atoms with Gasteiger partial charge in [-0.05, 0) is 12.5 Å². The van der Waals surface area contributed by atoms with Gasteiger partial charge in [-0.15, -0.1) is 0 Å². The van der Waals surface area contributed by atoms with Crippen molar-refractivity contribution in [3.63, 3.8) is 0 Å². The quantitative estimate of drug-likeness (QED) is 0.554. The summed E-state index contributed by atoms with van der Waals surface area (Å²) in [6.45, 7) is 5.51. The number of rotatable bonds is 7. The second-order valence-corrected chi connectivity index (χ2v) is 5.22. The van der Waals surface area contributed by atoms with Crippen LogP contribution in [-0.2, 0) is 19.3 Å². The second kappa shape index (κ2) is 6.54. The zero-order valence-electron chi connectivity index (χ0n) is 9.70. The van der Waals surface area contributed by atoms with E-state index in [1.807, 2.05) is 13.0 Å². The fraction of sp³-hybridized carbons (Fsp3) is 0.333. The molecule has 5 heteroatoms. The Hall–Kier alpha value is -1.17. The van der Waals surface area contributed by atoms with Gasteiger partial charge >= 0.3 is 0 Å². The van der Waals surface area contributed by atoms with E-state index >= 15 is 0 Å². The SMILES string of the molecule is C=CS(=O)(=O)C(OCOCC)c1ccccc1.